The summed E-state index contributed by atoms with van der Waals surface area (Å²) in [6, 6.07) is 40.1. The summed E-state index contributed by atoms with van der Waals surface area (Å²) in [5.41, 5.74) is 2.48. The van der Waals surface area contributed by atoms with Gasteiger partial charge in [-0.05, 0) is 114 Å². The second-order valence-electron chi connectivity index (χ2n) is 18.5. The van der Waals surface area contributed by atoms with Gasteiger partial charge in [-0.2, -0.15) is 0 Å². The lowest BCUT2D eigenvalue weighted by atomic mass is 9.65. The number of anilines is 2. The number of ether oxygens (including phenoxy) is 3. The molecule has 1 spiro atoms. The summed E-state index contributed by atoms with van der Waals surface area (Å²) in [5.74, 6) is 3.11. The van der Waals surface area contributed by atoms with Crippen LogP contribution in [-0.4, -0.2) is 63.0 Å². The number of fused-ring (bicyclic) bond motifs is 4. The van der Waals surface area contributed by atoms with Crippen molar-refractivity contribution in [3.05, 3.63) is 207 Å². The first kappa shape index (κ1) is 47.8. The van der Waals surface area contributed by atoms with Gasteiger partial charge in [-0.15, -0.1) is 0 Å². The Hall–Kier alpha value is -8.49. The molecule has 15 nitrogen and oxygen atoms in total. The largest absolute Gasteiger partial charge is 0.491 e. The maximum atomic E-state index is 16.7. The van der Waals surface area contributed by atoms with Crippen LogP contribution in [-0.2, 0) is 35.9 Å². The van der Waals surface area contributed by atoms with Gasteiger partial charge in [0.25, 0.3) is 5.69 Å². The Kier molecular flexibility index (Phi) is 13.0. The highest BCUT2D eigenvalue weighted by Crippen LogP contribution is 2.66. The minimum Gasteiger partial charge on any atom is -0.491 e. The Labute approximate surface area is 429 Å². The van der Waals surface area contributed by atoms with Crippen LogP contribution in [0.15, 0.2) is 163 Å². The molecule has 0 bridgehead atoms. The minimum absolute atomic E-state index is 0.0130. The van der Waals surface area contributed by atoms with E-state index in [4.69, 9.17) is 19.2 Å². The van der Waals surface area contributed by atoms with E-state index in [9.17, 15) is 20.0 Å². The monoisotopic (exact) mass is 1010 g/mol. The van der Waals surface area contributed by atoms with E-state index in [1.807, 2.05) is 89.8 Å². The lowest BCUT2D eigenvalue weighted by Gasteiger charge is -2.46. The van der Waals surface area contributed by atoms with Crippen LogP contribution >= 0.6 is 11.3 Å². The van der Waals surface area contributed by atoms with Crippen molar-refractivity contribution in [2.45, 2.75) is 61.9 Å². The average Bonchev–Trinajstić information content (AvgIpc) is 4.08. The fourth-order valence-electron chi connectivity index (χ4n) is 11.0. The topological polar surface area (TPSA) is 191 Å². The van der Waals surface area contributed by atoms with Crippen molar-refractivity contribution < 1.29 is 43.4 Å². The molecule has 6 atom stereocenters. The highest BCUT2D eigenvalue weighted by Gasteiger charge is 2.76. The van der Waals surface area contributed by atoms with Crippen LogP contribution in [0.2, 0.25) is 0 Å². The minimum atomic E-state index is -2.12. The summed E-state index contributed by atoms with van der Waals surface area (Å²) >= 11 is 1.23. The Bertz CT molecular complexity index is 3380. The molecule has 0 unspecified atom stereocenters. The number of thiazole rings is 1. The number of hydrogen-bond acceptors (Lipinski definition) is 13. The number of nitro benzene ring substituents is 1. The predicted octanol–water partition coefficient (Wildman–Crippen LogP) is 10.1. The summed E-state index contributed by atoms with van der Waals surface area (Å²) in [6.45, 7) is -0.586. The highest BCUT2D eigenvalue weighted by molar-refractivity contribution is 7.22. The molecule has 16 heteroatoms. The number of imide groups is 1. The number of non-ortho nitro benzene ring substituents is 1. The molecule has 7 aromatic rings. The number of nitrogens with zero attached hydrogens (tertiary/aromatic N) is 4. The van der Waals surface area contributed by atoms with Gasteiger partial charge in [0.15, 0.2) is 5.13 Å². The maximum absolute atomic E-state index is 16.7. The van der Waals surface area contributed by atoms with Gasteiger partial charge in [-0.25, -0.2) is 14.7 Å². The highest BCUT2D eigenvalue weighted by atomic mass is 32.1. The lowest BCUT2D eigenvalue weighted by Crippen LogP contribution is -2.54. The molecule has 74 heavy (non-hydrogen) atoms. The van der Waals surface area contributed by atoms with Gasteiger partial charge in [0.05, 0.1) is 45.4 Å². The van der Waals surface area contributed by atoms with E-state index in [1.54, 1.807) is 42.5 Å². The predicted molar refractivity (Wildman–Crippen MR) is 276 cm³/mol. The van der Waals surface area contributed by atoms with Crippen molar-refractivity contribution in [3.63, 3.8) is 0 Å². The lowest BCUT2D eigenvalue weighted by molar-refractivity contribution is -0.384. The Morgan fingerprint density at radius 3 is 2.28 bits per heavy atom. The summed E-state index contributed by atoms with van der Waals surface area (Å²) in [7, 11) is 0. The molecule has 2 N–H and O–H groups in total. The molecule has 4 aliphatic rings. The first-order valence-corrected chi connectivity index (χ1v) is 25.1. The zero-order chi connectivity index (χ0) is 50.9. The molecule has 1 aromatic heterocycles. The summed E-state index contributed by atoms with van der Waals surface area (Å²) in [4.78, 5) is 81.8. The molecule has 6 aromatic carbocycles. The van der Waals surface area contributed by atoms with Crippen LogP contribution in [0.5, 0.6) is 5.75 Å². The number of carbonyl (C=O) groups excluding carboxylic acids is 4. The number of nitrogens with one attached hydrogen (secondary N) is 1. The first-order chi connectivity index (χ1) is 36.1. The fourth-order valence-corrected chi connectivity index (χ4v) is 11.9. The van der Waals surface area contributed by atoms with E-state index in [-0.39, 0.29) is 41.9 Å². The number of amides is 3. The third-order valence-electron chi connectivity index (χ3n) is 14.2. The third-order valence-corrected chi connectivity index (χ3v) is 15.1. The van der Waals surface area contributed by atoms with Gasteiger partial charge in [-0.3, -0.25) is 29.4 Å². The molecule has 3 amide bonds. The van der Waals surface area contributed by atoms with E-state index in [1.165, 1.54) is 35.6 Å². The van der Waals surface area contributed by atoms with Crippen LogP contribution in [0, 0.1) is 27.9 Å². The number of aliphatic hydroxyl groups excluding tert-OH is 1. The van der Waals surface area contributed by atoms with E-state index in [0.29, 0.717) is 33.5 Å². The van der Waals surface area contributed by atoms with E-state index in [0.717, 1.165) is 46.4 Å². The maximum Gasteiger partial charge on any atom is 0.421 e. The normalized spacial score (nSPS) is 22.0. The van der Waals surface area contributed by atoms with Crippen molar-refractivity contribution in [1.29, 1.82) is 0 Å². The fraction of sp³-hybridized carbons (Fsp3) is 0.224. The zero-order valence-electron chi connectivity index (χ0n) is 39.7. The Balaban J connectivity index is 1.16. The number of aliphatic hydroxyl groups is 1. The number of nitro groups is 1. The average molecular weight is 1010 g/mol. The first-order valence-electron chi connectivity index (χ1n) is 24.3. The molecule has 2 fully saturated rings. The summed E-state index contributed by atoms with van der Waals surface area (Å²) < 4.78 is 19.2. The molecule has 11 rings (SSSR count). The summed E-state index contributed by atoms with van der Waals surface area (Å²) in [6.07, 6.45) is 3.86. The number of cyclic esters (lactones) is 1. The number of allylic oxidation sites excluding steroid dienone is 2. The van der Waals surface area contributed by atoms with Crippen LogP contribution in [0.25, 0.3) is 10.2 Å². The van der Waals surface area contributed by atoms with Crippen molar-refractivity contribution in [3.8, 4) is 17.6 Å². The molecule has 0 saturated carbocycles. The van der Waals surface area contributed by atoms with Gasteiger partial charge in [0, 0.05) is 17.7 Å². The molecular weight excluding hydrogens is 959 g/mol. The smallest absolute Gasteiger partial charge is 0.421 e. The van der Waals surface area contributed by atoms with Crippen molar-refractivity contribution in [1.82, 2.24) is 9.88 Å². The zero-order valence-corrected chi connectivity index (χ0v) is 40.5. The second-order valence-corrected chi connectivity index (χ2v) is 19.5. The summed E-state index contributed by atoms with van der Waals surface area (Å²) in [5, 5.41) is 24.4. The molecule has 2 saturated heterocycles. The Morgan fingerprint density at radius 2 is 1.58 bits per heavy atom. The number of aromatic nitrogens is 1. The van der Waals surface area contributed by atoms with Gasteiger partial charge < -0.3 is 24.6 Å². The molecule has 0 radical (unpaired) electrons. The van der Waals surface area contributed by atoms with Gasteiger partial charge in [-0.1, -0.05) is 114 Å². The number of morpholine rings is 1. The number of carbonyl (C=O) groups is 4. The van der Waals surface area contributed by atoms with Crippen molar-refractivity contribution in [2.75, 3.05) is 23.4 Å². The third kappa shape index (κ3) is 8.64. The number of benzene rings is 6. The van der Waals surface area contributed by atoms with Crippen molar-refractivity contribution >= 4 is 61.9 Å². The molecule has 3 aliphatic heterocycles. The van der Waals surface area contributed by atoms with Crippen LogP contribution in [0.3, 0.4) is 0 Å². The number of esters is 1. The number of para-hydroxylation sites is 1. The van der Waals surface area contributed by atoms with Crippen LogP contribution in [0.4, 0.5) is 21.3 Å². The number of hydrogen-bond donors (Lipinski definition) is 2. The molecule has 1 aliphatic carbocycles. The Morgan fingerprint density at radius 1 is 0.851 bits per heavy atom. The standard InChI is InChI=1S/C58H47N5O10S/c64-32-33-71-43-29-25-41(26-30-43)52-58(44-34-37(21-20-36-12-4-1-5-13-36)24-31-46(44)61(55(58)67)57(68)72-35-38-22-27-42(28-23-38)63(69)70)48(53(65)60-56-59-45-18-10-11-19-47(45)74-56)50-54(66)73-51(40-16-8-3-9-17-40)49(62(50)52)39-14-6-2-7-15-39/h2-3,6-12,14-19,22-31,34,48-52,64H,1,4-5,13,32-33,35H2,(H,59,60,65)/t48-,49-,50-,51+,52+,58-/m0/s1. The molecule has 370 valence electrons. The van der Waals surface area contributed by atoms with E-state index < -0.39 is 64.4 Å². The van der Waals surface area contributed by atoms with Crippen LogP contribution in [0.1, 0.15) is 77.3 Å². The SMILES string of the molecule is O=C1O[C@H](c2ccccc2)[C@H](c2ccccc2)N2[C@H]1[C@@H](C(=O)Nc1nc3ccccc3s1)[C@]1(C(=O)N(C(=O)OCc3ccc([N+](=O)[O-])cc3)c3ccc(C#CC4=CCCCC4)cc31)[C@H]2c1ccc(OCCO)cc1. The molecular formula is C58H47N5O10S. The van der Waals surface area contributed by atoms with Crippen molar-refractivity contribution in [2.24, 2.45) is 5.92 Å². The van der Waals surface area contributed by atoms with Gasteiger partial charge in [0.1, 0.15) is 36.5 Å². The van der Waals surface area contributed by atoms with E-state index >= 15 is 14.4 Å². The second kappa shape index (κ2) is 20.2. The number of rotatable bonds is 11. The van der Waals surface area contributed by atoms with Gasteiger partial charge >= 0.3 is 12.1 Å². The quantitative estimate of drug-likeness (QED) is 0.0541. The van der Waals surface area contributed by atoms with E-state index in [2.05, 4.69) is 23.2 Å². The molecule has 4 heterocycles. The van der Waals surface area contributed by atoms with Crippen LogP contribution < -0.4 is 15.0 Å². The van der Waals surface area contributed by atoms with Gasteiger partial charge in [0.2, 0.25) is 11.8 Å².